The van der Waals surface area contributed by atoms with Crippen LogP contribution >= 0.6 is 34.5 Å². The highest BCUT2D eigenvalue weighted by Crippen LogP contribution is 2.35. The maximum Gasteiger partial charge on any atom is 0.101 e. The predicted octanol–water partition coefficient (Wildman–Crippen LogP) is 5.03. The van der Waals surface area contributed by atoms with Crippen LogP contribution in [0.5, 0.6) is 0 Å². The van der Waals surface area contributed by atoms with Gasteiger partial charge in [0.15, 0.2) is 0 Å². The molecule has 1 aromatic heterocycles. The first-order valence-corrected chi connectivity index (χ1v) is 6.40. The third kappa shape index (κ3) is 2.70. The van der Waals surface area contributed by atoms with Crippen molar-refractivity contribution in [2.45, 2.75) is 0 Å². The van der Waals surface area contributed by atoms with E-state index in [1.165, 1.54) is 11.3 Å². The molecular formula is C13H7Cl2NS. The summed E-state index contributed by atoms with van der Waals surface area (Å²) in [6.45, 7) is 0. The van der Waals surface area contributed by atoms with Gasteiger partial charge in [-0.05, 0) is 17.7 Å². The zero-order chi connectivity index (χ0) is 12.3. The van der Waals surface area contributed by atoms with Gasteiger partial charge >= 0.3 is 0 Å². The standard InChI is InChI=1S/C13H7Cl2NS/c14-12-7-6-11(17-12)13(15)10(8-16)9-4-2-1-3-5-9/h1-7H. The van der Waals surface area contributed by atoms with Gasteiger partial charge in [0.2, 0.25) is 0 Å². The molecule has 2 aromatic rings. The summed E-state index contributed by atoms with van der Waals surface area (Å²) in [7, 11) is 0. The molecule has 0 atom stereocenters. The van der Waals surface area contributed by atoms with E-state index in [0.29, 0.717) is 14.9 Å². The molecule has 0 N–H and O–H groups in total. The minimum absolute atomic E-state index is 0.440. The Hall–Kier alpha value is -1.27. The van der Waals surface area contributed by atoms with Crippen LogP contribution in [0.3, 0.4) is 0 Å². The van der Waals surface area contributed by atoms with Crippen LogP contribution in [0.2, 0.25) is 4.34 Å². The summed E-state index contributed by atoms with van der Waals surface area (Å²) in [4.78, 5) is 0.803. The molecule has 1 aromatic carbocycles. The van der Waals surface area contributed by atoms with E-state index < -0.39 is 0 Å². The monoisotopic (exact) mass is 279 g/mol. The maximum atomic E-state index is 9.20. The lowest BCUT2D eigenvalue weighted by molar-refractivity contribution is 1.52. The third-order valence-corrected chi connectivity index (χ3v) is 3.94. The first kappa shape index (κ1) is 12.2. The van der Waals surface area contributed by atoms with E-state index in [0.717, 1.165) is 10.4 Å². The molecule has 0 spiro atoms. The zero-order valence-electron chi connectivity index (χ0n) is 8.65. The first-order chi connectivity index (χ1) is 8.22. The Labute approximate surface area is 114 Å². The van der Waals surface area contributed by atoms with Crippen LogP contribution in [0.4, 0.5) is 0 Å². The molecule has 0 aliphatic carbocycles. The van der Waals surface area contributed by atoms with Gasteiger partial charge in [-0.1, -0.05) is 53.5 Å². The van der Waals surface area contributed by atoms with Gasteiger partial charge in [0.05, 0.1) is 14.9 Å². The minimum Gasteiger partial charge on any atom is -0.192 e. The normalized spacial score (nSPS) is 11.8. The van der Waals surface area contributed by atoms with Crippen LogP contribution in [-0.2, 0) is 0 Å². The molecular weight excluding hydrogens is 273 g/mol. The van der Waals surface area contributed by atoms with E-state index >= 15 is 0 Å². The quantitative estimate of drug-likeness (QED) is 0.707. The Morgan fingerprint density at radius 3 is 2.35 bits per heavy atom. The molecule has 4 heteroatoms. The molecule has 0 radical (unpaired) electrons. The Bertz CT molecular complexity index is 593. The van der Waals surface area contributed by atoms with Gasteiger partial charge < -0.3 is 0 Å². The van der Waals surface area contributed by atoms with Crippen LogP contribution in [0, 0.1) is 11.3 Å². The number of halogens is 2. The van der Waals surface area contributed by atoms with E-state index in [9.17, 15) is 5.26 Å². The second-order valence-electron chi connectivity index (χ2n) is 3.27. The van der Waals surface area contributed by atoms with Gasteiger partial charge in [-0.15, -0.1) is 11.3 Å². The second kappa shape index (κ2) is 5.37. The van der Waals surface area contributed by atoms with Gasteiger partial charge in [-0.25, -0.2) is 0 Å². The highest BCUT2D eigenvalue weighted by Gasteiger charge is 2.10. The number of allylic oxidation sites excluding steroid dienone is 1. The second-order valence-corrected chi connectivity index (χ2v) is 5.36. The van der Waals surface area contributed by atoms with Crippen LogP contribution in [0.25, 0.3) is 10.6 Å². The molecule has 0 bridgehead atoms. The van der Waals surface area contributed by atoms with Crippen LogP contribution < -0.4 is 0 Å². The summed E-state index contributed by atoms with van der Waals surface area (Å²) in [5.41, 5.74) is 1.27. The maximum absolute atomic E-state index is 9.20. The number of benzene rings is 1. The minimum atomic E-state index is 0.440. The van der Waals surface area contributed by atoms with Crippen molar-refractivity contribution in [3.05, 3.63) is 57.2 Å². The average Bonchev–Trinajstić information content (AvgIpc) is 2.78. The van der Waals surface area contributed by atoms with Gasteiger partial charge in [0.1, 0.15) is 6.07 Å². The Kier molecular flexibility index (Phi) is 3.86. The SMILES string of the molecule is N#CC(=C(Cl)c1ccc(Cl)s1)c1ccccc1. The van der Waals surface area contributed by atoms with E-state index in [2.05, 4.69) is 6.07 Å². The van der Waals surface area contributed by atoms with Gasteiger partial charge in [-0.2, -0.15) is 5.26 Å². The molecule has 0 aliphatic heterocycles. The smallest absolute Gasteiger partial charge is 0.101 e. The lowest BCUT2D eigenvalue weighted by atomic mass is 10.1. The topological polar surface area (TPSA) is 23.8 Å². The number of nitrogens with zero attached hydrogens (tertiary/aromatic N) is 1. The molecule has 1 heterocycles. The van der Waals surface area contributed by atoms with Crippen molar-refractivity contribution in [3.8, 4) is 6.07 Å². The van der Waals surface area contributed by atoms with E-state index in [1.807, 2.05) is 36.4 Å². The van der Waals surface area contributed by atoms with E-state index in [1.54, 1.807) is 6.07 Å². The molecule has 0 unspecified atom stereocenters. The van der Waals surface area contributed by atoms with Crippen molar-refractivity contribution in [1.82, 2.24) is 0 Å². The Morgan fingerprint density at radius 1 is 1.12 bits per heavy atom. The van der Waals surface area contributed by atoms with E-state index in [-0.39, 0.29) is 0 Å². The number of thiophene rings is 1. The summed E-state index contributed by atoms with van der Waals surface area (Å²) in [5.74, 6) is 0. The van der Waals surface area contributed by atoms with Crippen molar-refractivity contribution in [3.63, 3.8) is 0 Å². The largest absolute Gasteiger partial charge is 0.192 e. The number of nitriles is 1. The summed E-state index contributed by atoms with van der Waals surface area (Å²) in [6, 6.07) is 15.1. The number of rotatable bonds is 2. The van der Waals surface area contributed by atoms with E-state index in [4.69, 9.17) is 23.2 Å². The van der Waals surface area contributed by atoms with Gasteiger partial charge in [0, 0.05) is 4.88 Å². The van der Waals surface area contributed by atoms with Crippen LogP contribution in [-0.4, -0.2) is 0 Å². The fourth-order valence-corrected chi connectivity index (χ4v) is 2.72. The summed E-state index contributed by atoms with van der Waals surface area (Å²) >= 11 is 13.4. The van der Waals surface area contributed by atoms with Crippen molar-refractivity contribution >= 4 is 45.1 Å². The first-order valence-electron chi connectivity index (χ1n) is 4.83. The fourth-order valence-electron chi connectivity index (χ4n) is 1.40. The molecule has 0 amide bonds. The molecule has 0 saturated carbocycles. The summed E-state index contributed by atoms with van der Waals surface area (Å²) in [5, 5.41) is 9.64. The molecule has 2 rings (SSSR count). The average molecular weight is 280 g/mol. The molecule has 1 nitrogen and oxygen atoms in total. The number of hydrogen-bond donors (Lipinski definition) is 0. The molecule has 0 fully saturated rings. The Morgan fingerprint density at radius 2 is 1.82 bits per heavy atom. The highest BCUT2D eigenvalue weighted by atomic mass is 35.5. The van der Waals surface area contributed by atoms with Crippen molar-refractivity contribution in [2.75, 3.05) is 0 Å². The lowest BCUT2D eigenvalue weighted by Crippen LogP contribution is -1.83. The van der Waals surface area contributed by atoms with Gasteiger partial charge in [-0.3, -0.25) is 0 Å². The lowest BCUT2D eigenvalue weighted by Gasteiger charge is -2.01. The van der Waals surface area contributed by atoms with Crippen LogP contribution in [0.1, 0.15) is 10.4 Å². The molecule has 84 valence electrons. The Balaban J connectivity index is 2.52. The zero-order valence-corrected chi connectivity index (χ0v) is 11.0. The van der Waals surface area contributed by atoms with Crippen molar-refractivity contribution < 1.29 is 0 Å². The van der Waals surface area contributed by atoms with Crippen molar-refractivity contribution in [2.24, 2.45) is 0 Å². The third-order valence-electron chi connectivity index (χ3n) is 2.18. The molecule has 0 saturated heterocycles. The summed E-state index contributed by atoms with van der Waals surface area (Å²) in [6.07, 6.45) is 0. The molecule has 17 heavy (non-hydrogen) atoms. The molecule has 0 aliphatic rings. The van der Waals surface area contributed by atoms with Gasteiger partial charge in [0.25, 0.3) is 0 Å². The van der Waals surface area contributed by atoms with Crippen LogP contribution in [0.15, 0.2) is 42.5 Å². The fraction of sp³-hybridized carbons (Fsp3) is 0. The summed E-state index contributed by atoms with van der Waals surface area (Å²) < 4.78 is 0.656. The van der Waals surface area contributed by atoms with Crippen molar-refractivity contribution in [1.29, 1.82) is 5.26 Å². The number of hydrogen-bond acceptors (Lipinski definition) is 2. The predicted molar refractivity (Wildman–Crippen MR) is 74.1 cm³/mol. The highest BCUT2D eigenvalue weighted by molar-refractivity contribution is 7.18.